The van der Waals surface area contributed by atoms with Crippen LogP contribution in [0, 0.1) is 5.82 Å². The summed E-state index contributed by atoms with van der Waals surface area (Å²) in [5.41, 5.74) is 1.12. The van der Waals surface area contributed by atoms with Gasteiger partial charge in [-0.25, -0.2) is 9.37 Å². The third-order valence-corrected chi connectivity index (χ3v) is 3.00. The van der Waals surface area contributed by atoms with E-state index in [1.165, 1.54) is 6.07 Å². The molecule has 2 N–H and O–H groups in total. The van der Waals surface area contributed by atoms with E-state index in [4.69, 9.17) is 0 Å². The van der Waals surface area contributed by atoms with Crippen molar-refractivity contribution < 1.29 is 9.18 Å². The first kappa shape index (κ1) is 14.9. The van der Waals surface area contributed by atoms with Crippen LogP contribution in [0.25, 0.3) is 0 Å². The van der Waals surface area contributed by atoms with E-state index in [-0.39, 0.29) is 17.5 Å². The molecule has 0 saturated heterocycles. The van der Waals surface area contributed by atoms with Crippen LogP contribution in [0.1, 0.15) is 35.8 Å². The van der Waals surface area contributed by atoms with Gasteiger partial charge >= 0.3 is 0 Å². The summed E-state index contributed by atoms with van der Waals surface area (Å²) in [6.45, 7) is 4.33. The lowest BCUT2D eigenvalue weighted by Crippen LogP contribution is -2.28. The molecule has 0 aliphatic carbocycles. The zero-order chi connectivity index (χ0) is 15.2. The lowest BCUT2D eigenvalue weighted by atomic mass is 10.1. The molecule has 0 saturated carbocycles. The molecule has 0 bridgehead atoms. The van der Waals surface area contributed by atoms with Gasteiger partial charge in [0.25, 0.3) is 5.91 Å². The zero-order valence-corrected chi connectivity index (χ0v) is 11.9. The van der Waals surface area contributed by atoms with E-state index in [1.807, 2.05) is 26.0 Å². The Kier molecular flexibility index (Phi) is 4.81. The molecule has 2 aromatic heterocycles. The molecule has 0 spiro atoms. The van der Waals surface area contributed by atoms with Crippen LogP contribution < -0.4 is 10.6 Å². The monoisotopic (exact) mass is 288 g/mol. The number of nitrogens with zero attached hydrogens (tertiary/aromatic N) is 2. The molecule has 21 heavy (non-hydrogen) atoms. The topological polar surface area (TPSA) is 66.9 Å². The molecule has 0 radical (unpaired) electrons. The average Bonchev–Trinajstić information content (AvgIpc) is 2.50. The van der Waals surface area contributed by atoms with Crippen molar-refractivity contribution in [2.45, 2.75) is 19.9 Å². The smallest absolute Gasteiger partial charge is 0.255 e. The van der Waals surface area contributed by atoms with Crippen molar-refractivity contribution in [2.75, 3.05) is 11.9 Å². The van der Waals surface area contributed by atoms with Gasteiger partial charge in [0.1, 0.15) is 11.6 Å². The van der Waals surface area contributed by atoms with Gasteiger partial charge in [0, 0.05) is 18.9 Å². The molecule has 6 heteroatoms. The van der Waals surface area contributed by atoms with Crippen LogP contribution >= 0.6 is 0 Å². The maximum atomic E-state index is 13.3. The van der Waals surface area contributed by atoms with Gasteiger partial charge in [0.05, 0.1) is 17.8 Å². The molecule has 5 nitrogen and oxygen atoms in total. The van der Waals surface area contributed by atoms with Crippen molar-refractivity contribution in [1.82, 2.24) is 15.3 Å². The number of rotatable bonds is 5. The number of hydrogen-bond donors (Lipinski definition) is 2. The Morgan fingerprint density at radius 2 is 2.10 bits per heavy atom. The summed E-state index contributed by atoms with van der Waals surface area (Å²) in [4.78, 5) is 20.1. The van der Waals surface area contributed by atoms with E-state index in [2.05, 4.69) is 20.6 Å². The molecular formula is C15H17FN4O. The zero-order valence-electron chi connectivity index (χ0n) is 11.9. The molecule has 2 rings (SSSR count). The van der Waals surface area contributed by atoms with Gasteiger partial charge in [0.15, 0.2) is 0 Å². The van der Waals surface area contributed by atoms with Crippen molar-refractivity contribution in [3.63, 3.8) is 0 Å². The largest absolute Gasteiger partial charge is 0.370 e. The van der Waals surface area contributed by atoms with E-state index in [9.17, 15) is 9.18 Å². The minimum atomic E-state index is -0.543. The quantitative estimate of drug-likeness (QED) is 0.887. The lowest BCUT2D eigenvalue weighted by Gasteiger charge is -2.15. The highest BCUT2D eigenvalue weighted by Crippen LogP contribution is 2.16. The van der Waals surface area contributed by atoms with E-state index < -0.39 is 5.82 Å². The van der Waals surface area contributed by atoms with Crippen LogP contribution in [0.2, 0.25) is 0 Å². The highest BCUT2D eigenvalue weighted by atomic mass is 19.1. The third-order valence-electron chi connectivity index (χ3n) is 3.00. The Morgan fingerprint density at radius 3 is 2.76 bits per heavy atom. The second kappa shape index (κ2) is 6.78. The molecule has 2 aromatic rings. The van der Waals surface area contributed by atoms with Gasteiger partial charge in [-0.3, -0.25) is 9.78 Å². The molecule has 0 aliphatic heterocycles. The van der Waals surface area contributed by atoms with Gasteiger partial charge in [-0.05, 0) is 37.6 Å². The predicted octanol–water partition coefficient (Wildman–Crippen LogP) is 2.54. The SMILES string of the molecule is CCNc1ncc(F)cc1C(=O)NC(C)c1ccncc1. The minimum absolute atomic E-state index is 0.192. The second-order valence-electron chi connectivity index (χ2n) is 4.56. The van der Waals surface area contributed by atoms with Crippen LogP contribution in [-0.2, 0) is 0 Å². The predicted molar refractivity (Wildman–Crippen MR) is 78.5 cm³/mol. The molecule has 1 atom stereocenters. The molecule has 1 unspecified atom stereocenters. The van der Waals surface area contributed by atoms with Crippen molar-refractivity contribution >= 4 is 11.7 Å². The van der Waals surface area contributed by atoms with Crippen molar-refractivity contribution in [2.24, 2.45) is 0 Å². The van der Waals surface area contributed by atoms with Gasteiger partial charge < -0.3 is 10.6 Å². The normalized spacial score (nSPS) is 11.8. The fourth-order valence-corrected chi connectivity index (χ4v) is 1.93. The summed E-state index contributed by atoms with van der Waals surface area (Å²) >= 11 is 0. The second-order valence-corrected chi connectivity index (χ2v) is 4.56. The number of pyridine rings is 2. The first-order valence-corrected chi connectivity index (χ1v) is 6.72. The molecule has 1 amide bonds. The van der Waals surface area contributed by atoms with Crippen molar-refractivity contribution in [1.29, 1.82) is 0 Å². The summed E-state index contributed by atoms with van der Waals surface area (Å²) < 4.78 is 13.3. The van der Waals surface area contributed by atoms with E-state index in [1.54, 1.807) is 12.4 Å². The fraction of sp³-hybridized carbons (Fsp3) is 0.267. The van der Waals surface area contributed by atoms with E-state index in [0.29, 0.717) is 12.4 Å². The van der Waals surface area contributed by atoms with Crippen LogP contribution in [0.3, 0.4) is 0 Å². The number of amides is 1. The van der Waals surface area contributed by atoms with Crippen LogP contribution in [0.5, 0.6) is 0 Å². The van der Waals surface area contributed by atoms with Gasteiger partial charge in [0.2, 0.25) is 0 Å². The summed E-state index contributed by atoms with van der Waals surface area (Å²) in [6, 6.07) is 4.61. The fourth-order valence-electron chi connectivity index (χ4n) is 1.93. The van der Waals surface area contributed by atoms with E-state index in [0.717, 1.165) is 11.8 Å². The minimum Gasteiger partial charge on any atom is -0.370 e. The Balaban J connectivity index is 2.18. The number of hydrogen-bond acceptors (Lipinski definition) is 4. The molecule has 0 fully saturated rings. The number of aromatic nitrogens is 2. The number of carbonyl (C=O) groups excluding carboxylic acids is 1. The van der Waals surface area contributed by atoms with Crippen molar-refractivity contribution in [3.8, 4) is 0 Å². The number of anilines is 1. The summed E-state index contributed by atoms with van der Waals surface area (Å²) in [5.74, 6) is -0.543. The number of carbonyl (C=O) groups is 1. The Morgan fingerprint density at radius 1 is 1.38 bits per heavy atom. The first-order chi connectivity index (χ1) is 10.1. The molecular weight excluding hydrogens is 271 g/mol. The number of halogens is 1. The Hall–Kier alpha value is -2.50. The molecule has 0 aromatic carbocycles. The number of nitrogens with one attached hydrogen (secondary N) is 2. The van der Waals surface area contributed by atoms with E-state index >= 15 is 0 Å². The Labute approximate surface area is 122 Å². The summed E-state index contributed by atoms with van der Waals surface area (Å²) in [7, 11) is 0. The molecule has 2 heterocycles. The van der Waals surface area contributed by atoms with Crippen LogP contribution in [0.15, 0.2) is 36.8 Å². The summed E-state index contributed by atoms with van der Waals surface area (Å²) in [5, 5.41) is 5.77. The first-order valence-electron chi connectivity index (χ1n) is 6.72. The Bertz CT molecular complexity index is 618. The standard InChI is InChI=1S/C15H17FN4O/c1-3-18-14-13(8-12(16)9-19-14)15(21)20-10(2)11-4-6-17-7-5-11/h4-10H,3H2,1-2H3,(H,18,19)(H,20,21). The third kappa shape index (κ3) is 3.75. The highest BCUT2D eigenvalue weighted by Gasteiger charge is 2.16. The van der Waals surface area contributed by atoms with Crippen molar-refractivity contribution in [3.05, 3.63) is 53.7 Å². The maximum absolute atomic E-state index is 13.3. The lowest BCUT2D eigenvalue weighted by molar-refractivity contribution is 0.0940. The van der Waals surface area contributed by atoms with Crippen LogP contribution in [-0.4, -0.2) is 22.4 Å². The van der Waals surface area contributed by atoms with Gasteiger partial charge in [-0.2, -0.15) is 0 Å². The average molecular weight is 288 g/mol. The van der Waals surface area contributed by atoms with Crippen LogP contribution in [0.4, 0.5) is 10.2 Å². The van der Waals surface area contributed by atoms with Gasteiger partial charge in [-0.1, -0.05) is 0 Å². The molecule has 0 aliphatic rings. The molecule has 110 valence electrons. The highest BCUT2D eigenvalue weighted by molar-refractivity contribution is 5.98. The maximum Gasteiger partial charge on any atom is 0.255 e. The summed E-state index contributed by atoms with van der Waals surface area (Å²) in [6.07, 6.45) is 4.40. The van der Waals surface area contributed by atoms with Gasteiger partial charge in [-0.15, -0.1) is 0 Å².